The van der Waals surface area contributed by atoms with Crippen LogP contribution in [-0.2, 0) is 4.79 Å². The van der Waals surface area contributed by atoms with E-state index < -0.39 is 5.97 Å². The Morgan fingerprint density at radius 3 is 2.39 bits per heavy atom. The minimum Gasteiger partial charge on any atom is -0.481 e. The minimum absolute atomic E-state index is 0.0200. The van der Waals surface area contributed by atoms with E-state index in [-0.39, 0.29) is 18.6 Å². The van der Waals surface area contributed by atoms with Gasteiger partial charge in [-0.1, -0.05) is 18.2 Å². The molecule has 18 heavy (non-hydrogen) atoms. The molecule has 0 aliphatic heterocycles. The van der Waals surface area contributed by atoms with Crippen molar-refractivity contribution in [2.75, 3.05) is 0 Å². The molecule has 0 spiro atoms. The summed E-state index contributed by atoms with van der Waals surface area (Å²) < 4.78 is 1.77. The summed E-state index contributed by atoms with van der Waals surface area (Å²) in [7, 11) is 0. The number of ketones is 1. The van der Waals surface area contributed by atoms with E-state index in [1.54, 1.807) is 22.9 Å². The maximum Gasteiger partial charge on any atom is 0.303 e. The second kappa shape index (κ2) is 5.31. The molecule has 0 amide bonds. The zero-order chi connectivity index (χ0) is 13.0. The Labute approximate surface area is 104 Å². The molecule has 0 aliphatic carbocycles. The highest BCUT2D eigenvalue weighted by Crippen LogP contribution is 2.14. The smallest absolute Gasteiger partial charge is 0.303 e. The molecule has 4 heteroatoms. The average molecular weight is 243 g/mol. The third kappa shape index (κ3) is 2.66. The van der Waals surface area contributed by atoms with Crippen molar-refractivity contribution >= 4 is 11.8 Å². The van der Waals surface area contributed by atoms with Gasteiger partial charge in [-0.05, 0) is 24.3 Å². The molecule has 0 saturated heterocycles. The van der Waals surface area contributed by atoms with Crippen LogP contribution in [0.5, 0.6) is 0 Å². The fourth-order valence-corrected chi connectivity index (χ4v) is 1.77. The molecule has 1 heterocycles. The molecular weight excluding hydrogens is 230 g/mol. The molecule has 1 N–H and O–H groups in total. The van der Waals surface area contributed by atoms with Gasteiger partial charge in [-0.3, -0.25) is 9.59 Å². The molecule has 0 radical (unpaired) electrons. The van der Waals surface area contributed by atoms with E-state index in [0.29, 0.717) is 5.69 Å². The van der Waals surface area contributed by atoms with Gasteiger partial charge < -0.3 is 9.67 Å². The summed E-state index contributed by atoms with van der Waals surface area (Å²) in [6.07, 6.45) is 1.67. The van der Waals surface area contributed by atoms with Crippen molar-refractivity contribution in [3.63, 3.8) is 0 Å². The summed E-state index contributed by atoms with van der Waals surface area (Å²) in [5, 5.41) is 8.59. The van der Waals surface area contributed by atoms with Crippen molar-refractivity contribution in [3.05, 3.63) is 54.4 Å². The SMILES string of the molecule is O=C(O)CCC(=O)c1cccn1-c1ccccc1. The molecule has 1 aromatic carbocycles. The van der Waals surface area contributed by atoms with Crippen LogP contribution >= 0.6 is 0 Å². The van der Waals surface area contributed by atoms with Gasteiger partial charge in [0.15, 0.2) is 5.78 Å². The van der Waals surface area contributed by atoms with Gasteiger partial charge in [0.2, 0.25) is 0 Å². The molecule has 0 fully saturated rings. The Hall–Kier alpha value is -2.36. The van der Waals surface area contributed by atoms with E-state index in [9.17, 15) is 9.59 Å². The molecule has 1 aromatic heterocycles. The second-order valence-electron chi connectivity index (χ2n) is 3.92. The highest BCUT2D eigenvalue weighted by Gasteiger charge is 2.13. The van der Waals surface area contributed by atoms with Crippen LogP contribution in [0.25, 0.3) is 5.69 Å². The molecule has 0 saturated carbocycles. The first kappa shape index (κ1) is 12.1. The summed E-state index contributed by atoms with van der Waals surface area (Å²) in [5.74, 6) is -1.12. The lowest BCUT2D eigenvalue weighted by molar-refractivity contribution is -0.136. The maximum absolute atomic E-state index is 11.9. The van der Waals surface area contributed by atoms with Crippen molar-refractivity contribution < 1.29 is 14.7 Å². The van der Waals surface area contributed by atoms with Gasteiger partial charge in [-0.2, -0.15) is 0 Å². The first-order valence-corrected chi connectivity index (χ1v) is 5.66. The topological polar surface area (TPSA) is 59.3 Å². The number of nitrogens with zero attached hydrogens (tertiary/aromatic N) is 1. The van der Waals surface area contributed by atoms with Crippen molar-refractivity contribution in [1.82, 2.24) is 4.57 Å². The zero-order valence-corrected chi connectivity index (χ0v) is 9.74. The van der Waals surface area contributed by atoms with Crippen molar-refractivity contribution in [2.24, 2.45) is 0 Å². The van der Waals surface area contributed by atoms with Crippen molar-refractivity contribution in [3.8, 4) is 5.69 Å². The van der Waals surface area contributed by atoms with Gasteiger partial charge in [0.25, 0.3) is 0 Å². The lowest BCUT2D eigenvalue weighted by atomic mass is 10.1. The summed E-state index contributed by atoms with van der Waals surface area (Å²) in [5.41, 5.74) is 1.41. The van der Waals surface area contributed by atoms with E-state index in [2.05, 4.69) is 0 Å². The lowest BCUT2D eigenvalue weighted by Gasteiger charge is -2.07. The van der Waals surface area contributed by atoms with Gasteiger partial charge in [0, 0.05) is 18.3 Å². The molecular formula is C14H13NO3. The molecule has 0 bridgehead atoms. The van der Waals surface area contributed by atoms with Gasteiger partial charge in [-0.25, -0.2) is 0 Å². The number of Topliss-reactive ketones (excluding diaryl/α,β-unsaturated/α-hetero) is 1. The Morgan fingerprint density at radius 2 is 1.72 bits per heavy atom. The van der Waals surface area contributed by atoms with Crippen LogP contribution in [0.1, 0.15) is 23.3 Å². The standard InChI is InChI=1S/C14H13NO3/c16-13(8-9-14(17)18)12-7-4-10-15(12)11-5-2-1-3-6-11/h1-7,10H,8-9H2,(H,17,18). The van der Waals surface area contributed by atoms with Crippen LogP contribution in [0.3, 0.4) is 0 Å². The van der Waals surface area contributed by atoms with Crippen LogP contribution in [0.2, 0.25) is 0 Å². The van der Waals surface area contributed by atoms with E-state index in [0.717, 1.165) is 5.69 Å². The third-order valence-corrected chi connectivity index (χ3v) is 2.63. The predicted octanol–water partition coefficient (Wildman–Crippen LogP) is 2.52. The lowest BCUT2D eigenvalue weighted by Crippen LogP contribution is -2.09. The van der Waals surface area contributed by atoms with Crippen LogP contribution in [0, 0.1) is 0 Å². The van der Waals surface area contributed by atoms with Gasteiger partial charge in [0.05, 0.1) is 12.1 Å². The first-order valence-electron chi connectivity index (χ1n) is 5.66. The number of carboxylic acid groups (broad SMARTS) is 1. The largest absolute Gasteiger partial charge is 0.481 e. The van der Waals surface area contributed by atoms with Gasteiger partial charge in [0.1, 0.15) is 0 Å². The number of benzene rings is 1. The highest BCUT2D eigenvalue weighted by atomic mass is 16.4. The number of hydrogen-bond acceptors (Lipinski definition) is 2. The number of carbonyl (C=O) groups excluding carboxylic acids is 1. The van der Waals surface area contributed by atoms with E-state index in [1.807, 2.05) is 30.3 Å². The number of carboxylic acids is 1. The zero-order valence-electron chi connectivity index (χ0n) is 9.74. The summed E-state index contributed by atoms with van der Waals surface area (Å²) >= 11 is 0. The fourth-order valence-electron chi connectivity index (χ4n) is 1.77. The molecule has 0 aliphatic rings. The second-order valence-corrected chi connectivity index (χ2v) is 3.92. The van der Waals surface area contributed by atoms with E-state index in [1.165, 1.54) is 0 Å². The molecule has 4 nitrogen and oxygen atoms in total. The first-order chi connectivity index (χ1) is 8.68. The molecule has 2 rings (SSSR count). The van der Waals surface area contributed by atoms with Crippen LogP contribution in [-0.4, -0.2) is 21.4 Å². The number of aromatic nitrogens is 1. The van der Waals surface area contributed by atoms with Crippen molar-refractivity contribution in [2.45, 2.75) is 12.8 Å². The number of carbonyl (C=O) groups is 2. The fraction of sp³-hybridized carbons (Fsp3) is 0.143. The monoisotopic (exact) mass is 243 g/mol. The van der Waals surface area contributed by atoms with E-state index >= 15 is 0 Å². The molecule has 0 unspecified atom stereocenters. The number of rotatable bonds is 5. The predicted molar refractivity (Wildman–Crippen MR) is 67.0 cm³/mol. The summed E-state index contributed by atoms with van der Waals surface area (Å²) in [6, 6.07) is 13.0. The quantitative estimate of drug-likeness (QED) is 0.821. The average Bonchev–Trinajstić information content (AvgIpc) is 2.86. The minimum atomic E-state index is -0.957. The molecule has 92 valence electrons. The Bertz CT molecular complexity index is 557. The normalized spacial score (nSPS) is 10.2. The summed E-state index contributed by atoms with van der Waals surface area (Å²) in [6.45, 7) is 0. The Morgan fingerprint density at radius 1 is 1.00 bits per heavy atom. The van der Waals surface area contributed by atoms with E-state index in [4.69, 9.17) is 5.11 Å². The van der Waals surface area contributed by atoms with Crippen LogP contribution in [0.4, 0.5) is 0 Å². The highest BCUT2D eigenvalue weighted by molar-refractivity contribution is 5.96. The number of para-hydroxylation sites is 1. The van der Waals surface area contributed by atoms with Crippen LogP contribution < -0.4 is 0 Å². The summed E-state index contributed by atoms with van der Waals surface area (Å²) in [4.78, 5) is 22.4. The van der Waals surface area contributed by atoms with Gasteiger partial charge in [-0.15, -0.1) is 0 Å². The molecule has 0 atom stereocenters. The Balaban J connectivity index is 2.23. The maximum atomic E-state index is 11.9. The molecule has 2 aromatic rings. The number of hydrogen-bond donors (Lipinski definition) is 1. The number of aliphatic carboxylic acids is 1. The van der Waals surface area contributed by atoms with Gasteiger partial charge >= 0.3 is 5.97 Å². The third-order valence-electron chi connectivity index (χ3n) is 2.63. The Kier molecular flexibility index (Phi) is 3.57. The van der Waals surface area contributed by atoms with Crippen molar-refractivity contribution in [1.29, 1.82) is 0 Å². The van der Waals surface area contributed by atoms with Crippen LogP contribution in [0.15, 0.2) is 48.7 Å².